The predicted octanol–water partition coefficient (Wildman–Crippen LogP) is 2.98. The van der Waals surface area contributed by atoms with Gasteiger partial charge < -0.3 is 15.7 Å². The fraction of sp³-hybridized carbons (Fsp3) is 0.467. The summed E-state index contributed by atoms with van der Waals surface area (Å²) >= 11 is 0. The summed E-state index contributed by atoms with van der Waals surface area (Å²) in [5, 5.41) is 14.3. The number of para-hydroxylation sites is 1. The number of hydrogen-bond donors (Lipinski definition) is 3. The van der Waals surface area contributed by atoms with Gasteiger partial charge in [0.15, 0.2) is 0 Å². The topological polar surface area (TPSA) is 78.4 Å². The number of urea groups is 1. The smallest absolute Gasteiger partial charge is 0.319 e. The van der Waals surface area contributed by atoms with Crippen molar-refractivity contribution in [3.8, 4) is 0 Å². The summed E-state index contributed by atoms with van der Waals surface area (Å²) < 4.78 is 13.4. The Labute approximate surface area is 122 Å². The average Bonchev–Trinajstić information content (AvgIpc) is 2.48. The Morgan fingerprint density at radius 1 is 1.19 bits per heavy atom. The Morgan fingerprint density at radius 2 is 1.86 bits per heavy atom. The fourth-order valence-corrected chi connectivity index (χ4v) is 2.67. The molecule has 0 spiro atoms. The van der Waals surface area contributed by atoms with Crippen LogP contribution in [0.2, 0.25) is 0 Å². The van der Waals surface area contributed by atoms with Gasteiger partial charge in [-0.2, -0.15) is 0 Å². The van der Waals surface area contributed by atoms with Gasteiger partial charge >= 0.3 is 12.0 Å². The third-order valence-corrected chi connectivity index (χ3v) is 3.97. The van der Waals surface area contributed by atoms with Gasteiger partial charge in [0.05, 0.1) is 11.1 Å². The first-order valence-electron chi connectivity index (χ1n) is 7.06. The molecule has 2 amide bonds. The molecule has 1 aromatic rings. The number of rotatable bonds is 4. The number of aliphatic carboxylic acids is 1. The maximum absolute atomic E-state index is 13.4. The number of carbonyl (C=O) groups excluding carboxylic acids is 1. The summed E-state index contributed by atoms with van der Waals surface area (Å²) in [7, 11) is 0. The van der Waals surface area contributed by atoms with E-state index < -0.39 is 23.2 Å². The van der Waals surface area contributed by atoms with E-state index in [1.54, 1.807) is 6.07 Å². The molecule has 6 heteroatoms. The van der Waals surface area contributed by atoms with E-state index in [1.165, 1.54) is 18.2 Å². The monoisotopic (exact) mass is 294 g/mol. The molecule has 21 heavy (non-hydrogen) atoms. The van der Waals surface area contributed by atoms with Crippen LogP contribution < -0.4 is 10.6 Å². The minimum atomic E-state index is -0.898. The number of anilines is 1. The van der Waals surface area contributed by atoms with Crippen LogP contribution in [0.5, 0.6) is 0 Å². The maximum atomic E-state index is 13.4. The van der Waals surface area contributed by atoms with E-state index in [0.29, 0.717) is 12.8 Å². The SMILES string of the molecule is O=C(NCC1(C(=O)O)CCCCC1)Nc1ccccc1F. The zero-order chi connectivity index (χ0) is 15.3. The van der Waals surface area contributed by atoms with Crippen LogP contribution in [0.15, 0.2) is 24.3 Å². The molecule has 5 nitrogen and oxygen atoms in total. The Hall–Kier alpha value is -2.11. The maximum Gasteiger partial charge on any atom is 0.319 e. The molecule has 0 atom stereocenters. The number of hydrogen-bond acceptors (Lipinski definition) is 2. The van der Waals surface area contributed by atoms with Gasteiger partial charge in [-0.25, -0.2) is 9.18 Å². The number of carboxylic acid groups (broad SMARTS) is 1. The van der Waals surface area contributed by atoms with Crippen LogP contribution >= 0.6 is 0 Å². The number of benzene rings is 1. The second-order valence-corrected chi connectivity index (χ2v) is 5.43. The summed E-state index contributed by atoms with van der Waals surface area (Å²) in [6.07, 6.45) is 3.84. The molecule has 2 rings (SSSR count). The molecule has 1 fully saturated rings. The number of carbonyl (C=O) groups is 2. The Bertz CT molecular complexity index is 527. The third kappa shape index (κ3) is 3.71. The van der Waals surface area contributed by atoms with Crippen LogP contribution in [-0.2, 0) is 4.79 Å². The highest BCUT2D eigenvalue weighted by atomic mass is 19.1. The molecule has 0 saturated heterocycles. The summed E-state index contributed by atoms with van der Waals surface area (Å²) in [6.45, 7) is 0.0582. The van der Waals surface area contributed by atoms with Gasteiger partial charge in [-0.15, -0.1) is 0 Å². The first kappa shape index (κ1) is 15.3. The second-order valence-electron chi connectivity index (χ2n) is 5.43. The molecule has 0 bridgehead atoms. The van der Waals surface area contributed by atoms with E-state index in [2.05, 4.69) is 10.6 Å². The highest BCUT2D eigenvalue weighted by Gasteiger charge is 2.39. The summed E-state index contributed by atoms with van der Waals surface area (Å²) in [6, 6.07) is 5.24. The third-order valence-electron chi connectivity index (χ3n) is 3.97. The van der Waals surface area contributed by atoms with Crippen molar-refractivity contribution in [2.24, 2.45) is 5.41 Å². The Balaban J connectivity index is 1.93. The summed E-state index contributed by atoms with van der Waals surface area (Å²) in [4.78, 5) is 23.3. The fourth-order valence-electron chi connectivity index (χ4n) is 2.67. The molecule has 114 valence electrons. The molecule has 0 aromatic heterocycles. The first-order chi connectivity index (χ1) is 10.0. The Morgan fingerprint density at radius 3 is 2.48 bits per heavy atom. The van der Waals surface area contributed by atoms with Crippen LogP contribution in [0, 0.1) is 11.2 Å². The lowest BCUT2D eigenvalue weighted by atomic mass is 9.74. The average molecular weight is 294 g/mol. The van der Waals surface area contributed by atoms with Crippen LogP contribution in [0.4, 0.5) is 14.9 Å². The van der Waals surface area contributed by atoms with E-state index in [9.17, 15) is 19.1 Å². The van der Waals surface area contributed by atoms with Gasteiger partial charge in [0, 0.05) is 6.54 Å². The van der Waals surface area contributed by atoms with Crippen molar-refractivity contribution >= 4 is 17.7 Å². The minimum Gasteiger partial charge on any atom is -0.481 e. The molecular formula is C15H19FN2O3. The van der Waals surface area contributed by atoms with Gasteiger partial charge in [0.25, 0.3) is 0 Å². The molecule has 0 aliphatic heterocycles. The lowest BCUT2D eigenvalue weighted by molar-refractivity contribution is -0.150. The van der Waals surface area contributed by atoms with Gasteiger partial charge in [-0.3, -0.25) is 4.79 Å². The molecule has 3 N–H and O–H groups in total. The quantitative estimate of drug-likeness (QED) is 0.798. The van der Waals surface area contributed by atoms with Crippen molar-refractivity contribution in [2.75, 3.05) is 11.9 Å². The molecule has 1 aliphatic carbocycles. The normalized spacial score (nSPS) is 17.0. The molecule has 0 heterocycles. The van der Waals surface area contributed by atoms with Crippen molar-refractivity contribution in [1.82, 2.24) is 5.32 Å². The van der Waals surface area contributed by atoms with Crippen molar-refractivity contribution in [3.63, 3.8) is 0 Å². The highest BCUT2D eigenvalue weighted by molar-refractivity contribution is 5.89. The molecule has 1 aromatic carbocycles. The lowest BCUT2D eigenvalue weighted by Crippen LogP contribution is -2.45. The molecule has 0 radical (unpaired) electrons. The largest absolute Gasteiger partial charge is 0.481 e. The van der Waals surface area contributed by atoms with E-state index in [4.69, 9.17) is 0 Å². The van der Waals surface area contributed by atoms with E-state index >= 15 is 0 Å². The minimum absolute atomic E-state index is 0.0582. The number of nitrogens with one attached hydrogen (secondary N) is 2. The van der Waals surface area contributed by atoms with Crippen molar-refractivity contribution in [2.45, 2.75) is 32.1 Å². The molecule has 1 saturated carbocycles. The first-order valence-corrected chi connectivity index (χ1v) is 7.06. The summed E-state index contributed by atoms with van der Waals surface area (Å²) in [5.74, 6) is -1.41. The zero-order valence-corrected chi connectivity index (χ0v) is 11.7. The highest BCUT2D eigenvalue weighted by Crippen LogP contribution is 2.36. The van der Waals surface area contributed by atoms with Gasteiger partial charge in [-0.1, -0.05) is 31.4 Å². The van der Waals surface area contributed by atoms with Gasteiger partial charge in [0.1, 0.15) is 5.82 Å². The number of halogens is 1. The molecular weight excluding hydrogens is 275 g/mol. The standard InChI is InChI=1S/C15H19FN2O3/c16-11-6-2-3-7-12(11)18-14(21)17-10-15(13(19)20)8-4-1-5-9-15/h2-3,6-7H,1,4-5,8-10H2,(H,19,20)(H2,17,18,21). The van der Waals surface area contributed by atoms with E-state index in [1.807, 2.05) is 0 Å². The van der Waals surface area contributed by atoms with Crippen molar-refractivity contribution in [1.29, 1.82) is 0 Å². The lowest BCUT2D eigenvalue weighted by Gasteiger charge is -2.33. The van der Waals surface area contributed by atoms with Gasteiger partial charge in [-0.05, 0) is 25.0 Å². The Kier molecular flexibility index (Phi) is 4.77. The van der Waals surface area contributed by atoms with E-state index in [0.717, 1.165) is 19.3 Å². The van der Waals surface area contributed by atoms with Crippen molar-refractivity contribution in [3.05, 3.63) is 30.1 Å². The van der Waals surface area contributed by atoms with Crippen LogP contribution in [-0.4, -0.2) is 23.7 Å². The summed E-state index contributed by atoms with van der Waals surface area (Å²) in [5.41, 5.74) is -0.826. The van der Waals surface area contributed by atoms with Crippen LogP contribution in [0.1, 0.15) is 32.1 Å². The van der Waals surface area contributed by atoms with Crippen LogP contribution in [0.3, 0.4) is 0 Å². The predicted molar refractivity (Wildman–Crippen MR) is 76.6 cm³/mol. The second kappa shape index (κ2) is 6.56. The van der Waals surface area contributed by atoms with Crippen molar-refractivity contribution < 1.29 is 19.1 Å². The van der Waals surface area contributed by atoms with Crippen LogP contribution in [0.25, 0.3) is 0 Å². The number of carboxylic acids is 1. The molecule has 1 aliphatic rings. The van der Waals surface area contributed by atoms with E-state index in [-0.39, 0.29) is 12.2 Å². The van der Waals surface area contributed by atoms with Gasteiger partial charge in [0.2, 0.25) is 0 Å². The zero-order valence-electron chi connectivity index (χ0n) is 11.7. The molecule has 0 unspecified atom stereocenters. The number of amides is 2.